The van der Waals surface area contributed by atoms with Gasteiger partial charge in [0, 0.05) is 38.3 Å². The average Bonchev–Trinajstić information content (AvgIpc) is 3.25. The molecule has 6 heteroatoms. The van der Waals surface area contributed by atoms with Crippen molar-refractivity contribution in [1.82, 2.24) is 15.1 Å². The van der Waals surface area contributed by atoms with Crippen LogP contribution in [0.2, 0.25) is 0 Å². The van der Waals surface area contributed by atoms with E-state index in [-0.39, 0.29) is 23.9 Å². The van der Waals surface area contributed by atoms with Gasteiger partial charge >= 0.3 is 6.03 Å². The van der Waals surface area contributed by atoms with E-state index in [0.717, 1.165) is 51.6 Å². The lowest BCUT2D eigenvalue weighted by molar-refractivity contribution is -0.137. The van der Waals surface area contributed by atoms with Gasteiger partial charge in [-0.15, -0.1) is 0 Å². The largest absolute Gasteiger partial charge is 0.338 e. The third-order valence-corrected chi connectivity index (χ3v) is 5.67. The quantitative estimate of drug-likeness (QED) is 0.822. The van der Waals surface area contributed by atoms with Gasteiger partial charge in [0.1, 0.15) is 0 Å². The number of rotatable bonds is 3. The van der Waals surface area contributed by atoms with E-state index in [1.54, 1.807) is 0 Å². The van der Waals surface area contributed by atoms with Crippen LogP contribution in [0.3, 0.4) is 0 Å². The first-order valence-electron chi connectivity index (χ1n) is 9.25. The maximum Gasteiger partial charge on any atom is 0.317 e. The van der Waals surface area contributed by atoms with Gasteiger partial charge in [-0.05, 0) is 38.5 Å². The molecule has 2 heterocycles. The molecule has 0 aromatic carbocycles. The van der Waals surface area contributed by atoms with Crippen molar-refractivity contribution in [3.63, 3.8) is 0 Å². The fourth-order valence-corrected chi connectivity index (χ4v) is 4.30. The van der Waals surface area contributed by atoms with E-state index in [0.29, 0.717) is 19.1 Å². The van der Waals surface area contributed by atoms with Crippen molar-refractivity contribution in [3.05, 3.63) is 0 Å². The molecule has 2 saturated heterocycles. The van der Waals surface area contributed by atoms with Crippen molar-refractivity contribution in [2.45, 2.75) is 63.5 Å². The Morgan fingerprint density at radius 2 is 1.74 bits per heavy atom. The lowest BCUT2D eigenvalue weighted by Crippen LogP contribution is -2.52. The van der Waals surface area contributed by atoms with E-state index in [2.05, 4.69) is 5.32 Å². The molecule has 0 aromatic heterocycles. The van der Waals surface area contributed by atoms with Crippen LogP contribution in [0.5, 0.6) is 0 Å². The molecule has 3 rings (SSSR count). The standard InChI is InChI=1S/C17H30N4O2/c18-11-15-8-4-10-21(15)16(22)13-5-3-9-20(12-13)17(23)19-14-6-1-2-7-14/h13-15H,1-12,18H2,(H,19,23). The fraction of sp³-hybridized carbons (Fsp3) is 0.882. The predicted molar refractivity (Wildman–Crippen MR) is 88.9 cm³/mol. The molecule has 23 heavy (non-hydrogen) atoms. The lowest BCUT2D eigenvalue weighted by Gasteiger charge is -2.36. The lowest BCUT2D eigenvalue weighted by atomic mass is 9.96. The molecule has 1 saturated carbocycles. The van der Waals surface area contributed by atoms with Crippen LogP contribution < -0.4 is 11.1 Å². The van der Waals surface area contributed by atoms with Gasteiger partial charge < -0.3 is 20.9 Å². The molecule has 1 aliphatic carbocycles. The van der Waals surface area contributed by atoms with Crippen LogP contribution in [0, 0.1) is 5.92 Å². The summed E-state index contributed by atoms with van der Waals surface area (Å²) in [5.41, 5.74) is 5.79. The summed E-state index contributed by atoms with van der Waals surface area (Å²) in [7, 11) is 0. The predicted octanol–water partition coefficient (Wildman–Crippen LogP) is 1.30. The van der Waals surface area contributed by atoms with Gasteiger partial charge in [0.2, 0.25) is 5.91 Å². The second kappa shape index (κ2) is 7.51. The second-order valence-electron chi connectivity index (χ2n) is 7.28. The van der Waals surface area contributed by atoms with Gasteiger partial charge in [-0.3, -0.25) is 4.79 Å². The van der Waals surface area contributed by atoms with Gasteiger partial charge in [0.15, 0.2) is 0 Å². The summed E-state index contributed by atoms with van der Waals surface area (Å²) in [4.78, 5) is 29.0. The summed E-state index contributed by atoms with van der Waals surface area (Å²) in [6.45, 7) is 2.70. The number of carbonyl (C=O) groups excluding carboxylic acids is 2. The molecule has 6 nitrogen and oxygen atoms in total. The Bertz CT molecular complexity index is 436. The molecule has 3 aliphatic rings. The SMILES string of the molecule is NCC1CCCN1C(=O)C1CCCN(C(=O)NC2CCCC2)C1. The number of amides is 3. The summed E-state index contributed by atoms with van der Waals surface area (Å²) < 4.78 is 0. The van der Waals surface area contributed by atoms with Crippen molar-refractivity contribution < 1.29 is 9.59 Å². The van der Waals surface area contributed by atoms with E-state index in [1.807, 2.05) is 9.80 Å². The van der Waals surface area contributed by atoms with Gasteiger partial charge in [-0.1, -0.05) is 12.8 Å². The average molecular weight is 322 g/mol. The zero-order valence-electron chi connectivity index (χ0n) is 14.0. The molecule has 0 bridgehead atoms. The van der Waals surface area contributed by atoms with Crippen LogP contribution in [0.4, 0.5) is 4.79 Å². The third kappa shape index (κ3) is 3.79. The van der Waals surface area contributed by atoms with Crippen molar-refractivity contribution in [3.8, 4) is 0 Å². The van der Waals surface area contributed by atoms with Gasteiger partial charge in [-0.2, -0.15) is 0 Å². The topological polar surface area (TPSA) is 78.7 Å². The summed E-state index contributed by atoms with van der Waals surface area (Å²) in [5.74, 6) is 0.154. The molecular weight excluding hydrogens is 292 g/mol. The number of likely N-dealkylation sites (tertiary alicyclic amines) is 2. The minimum atomic E-state index is -0.0507. The minimum absolute atomic E-state index is 0.0196. The first kappa shape index (κ1) is 16.6. The summed E-state index contributed by atoms with van der Waals surface area (Å²) in [6.07, 6.45) is 8.47. The van der Waals surface area contributed by atoms with E-state index in [4.69, 9.17) is 5.73 Å². The highest BCUT2D eigenvalue weighted by Crippen LogP contribution is 2.25. The number of nitrogens with two attached hydrogens (primary N) is 1. The molecular formula is C17H30N4O2. The van der Waals surface area contributed by atoms with Gasteiger partial charge in [0.05, 0.1) is 5.92 Å². The maximum atomic E-state index is 12.8. The first-order valence-corrected chi connectivity index (χ1v) is 9.25. The molecule has 2 aliphatic heterocycles. The smallest absolute Gasteiger partial charge is 0.317 e. The highest BCUT2D eigenvalue weighted by atomic mass is 16.2. The molecule has 0 spiro atoms. The zero-order valence-corrected chi connectivity index (χ0v) is 14.0. The molecule has 0 radical (unpaired) electrons. The Balaban J connectivity index is 1.54. The number of urea groups is 1. The Morgan fingerprint density at radius 1 is 1.00 bits per heavy atom. The number of nitrogens with zero attached hydrogens (tertiary/aromatic N) is 2. The van der Waals surface area contributed by atoms with Crippen LogP contribution in [-0.4, -0.2) is 60.0 Å². The second-order valence-corrected chi connectivity index (χ2v) is 7.28. The molecule has 3 N–H and O–H groups in total. The van der Waals surface area contributed by atoms with Crippen LogP contribution >= 0.6 is 0 Å². The Morgan fingerprint density at radius 3 is 2.48 bits per heavy atom. The third-order valence-electron chi connectivity index (χ3n) is 5.67. The van der Waals surface area contributed by atoms with Crippen molar-refractivity contribution >= 4 is 11.9 Å². The molecule has 3 amide bonds. The summed E-state index contributed by atoms with van der Waals surface area (Å²) in [5, 5.41) is 3.14. The van der Waals surface area contributed by atoms with E-state index in [9.17, 15) is 9.59 Å². The van der Waals surface area contributed by atoms with Crippen LogP contribution in [0.25, 0.3) is 0 Å². The van der Waals surface area contributed by atoms with Crippen molar-refractivity contribution in [1.29, 1.82) is 0 Å². The molecule has 3 fully saturated rings. The monoisotopic (exact) mass is 322 g/mol. The highest BCUT2D eigenvalue weighted by Gasteiger charge is 2.35. The van der Waals surface area contributed by atoms with E-state index < -0.39 is 0 Å². The van der Waals surface area contributed by atoms with E-state index >= 15 is 0 Å². The normalized spacial score (nSPS) is 29.1. The highest BCUT2D eigenvalue weighted by molar-refractivity contribution is 5.81. The number of hydrogen-bond donors (Lipinski definition) is 2. The van der Waals surface area contributed by atoms with Crippen LogP contribution in [0.1, 0.15) is 51.4 Å². The summed E-state index contributed by atoms with van der Waals surface area (Å²) >= 11 is 0. The van der Waals surface area contributed by atoms with Crippen LogP contribution in [-0.2, 0) is 4.79 Å². The molecule has 2 unspecified atom stereocenters. The van der Waals surface area contributed by atoms with Gasteiger partial charge in [-0.25, -0.2) is 4.79 Å². The van der Waals surface area contributed by atoms with E-state index in [1.165, 1.54) is 12.8 Å². The van der Waals surface area contributed by atoms with Crippen molar-refractivity contribution in [2.24, 2.45) is 11.7 Å². The molecule has 0 aromatic rings. The summed E-state index contributed by atoms with van der Waals surface area (Å²) in [6, 6.07) is 0.551. The Hall–Kier alpha value is -1.30. The molecule has 2 atom stereocenters. The van der Waals surface area contributed by atoms with Gasteiger partial charge in [0.25, 0.3) is 0 Å². The zero-order chi connectivity index (χ0) is 16.2. The van der Waals surface area contributed by atoms with Crippen molar-refractivity contribution in [2.75, 3.05) is 26.2 Å². The minimum Gasteiger partial charge on any atom is -0.338 e. The maximum absolute atomic E-state index is 12.8. The van der Waals surface area contributed by atoms with Crippen LogP contribution in [0.15, 0.2) is 0 Å². The number of carbonyl (C=O) groups is 2. The number of hydrogen-bond acceptors (Lipinski definition) is 3. The first-order chi connectivity index (χ1) is 11.2. The number of nitrogens with one attached hydrogen (secondary N) is 1. The fourth-order valence-electron chi connectivity index (χ4n) is 4.30. The Labute approximate surface area is 138 Å². The molecule has 130 valence electrons. The Kier molecular flexibility index (Phi) is 5.41. The number of piperidine rings is 1.